The number of benzene rings is 1. The summed E-state index contributed by atoms with van der Waals surface area (Å²) in [5, 5.41) is 2.90. The predicted octanol–water partition coefficient (Wildman–Crippen LogP) is 2.92. The van der Waals surface area contributed by atoms with E-state index >= 15 is 0 Å². The quantitative estimate of drug-likeness (QED) is 0.789. The number of urea groups is 1. The van der Waals surface area contributed by atoms with E-state index in [0.717, 1.165) is 37.5 Å². The van der Waals surface area contributed by atoms with Gasteiger partial charge in [-0.05, 0) is 43.0 Å². The molecule has 1 saturated heterocycles. The molecule has 1 aromatic carbocycles. The molecule has 0 aromatic heterocycles. The Hall–Kier alpha value is -1.71. The van der Waals surface area contributed by atoms with Gasteiger partial charge in [-0.25, -0.2) is 4.79 Å². The Balaban J connectivity index is 1.87. The first kappa shape index (κ1) is 12.7. The van der Waals surface area contributed by atoms with Crippen molar-refractivity contribution in [2.24, 2.45) is 5.92 Å². The molecular formula is C14H21N3O. The Morgan fingerprint density at radius 1 is 1.33 bits per heavy atom. The number of nitrogen functional groups attached to an aromatic ring is 1. The van der Waals surface area contributed by atoms with Gasteiger partial charge in [-0.3, -0.25) is 0 Å². The molecule has 4 nitrogen and oxygen atoms in total. The number of likely N-dealkylation sites (tertiary alicyclic amines) is 1. The zero-order valence-corrected chi connectivity index (χ0v) is 10.9. The number of amides is 2. The van der Waals surface area contributed by atoms with Crippen LogP contribution in [-0.4, -0.2) is 24.0 Å². The van der Waals surface area contributed by atoms with Crippen LogP contribution < -0.4 is 11.1 Å². The van der Waals surface area contributed by atoms with Crippen LogP contribution >= 0.6 is 0 Å². The third-order valence-corrected chi connectivity index (χ3v) is 3.64. The highest BCUT2D eigenvalue weighted by molar-refractivity contribution is 5.89. The van der Waals surface area contributed by atoms with E-state index in [-0.39, 0.29) is 6.03 Å². The fraction of sp³-hybridized carbons (Fsp3) is 0.500. The first-order chi connectivity index (χ1) is 8.69. The highest BCUT2D eigenvalue weighted by Crippen LogP contribution is 2.20. The highest BCUT2D eigenvalue weighted by Gasteiger charge is 2.21. The van der Waals surface area contributed by atoms with Crippen LogP contribution in [-0.2, 0) is 0 Å². The van der Waals surface area contributed by atoms with Crippen molar-refractivity contribution in [3.05, 3.63) is 24.3 Å². The molecule has 3 N–H and O–H groups in total. The maximum atomic E-state index is 12.0. The van der Waals surface area contributed by atoms with E-state index in [1.165, 1.54) is 6.42 Å². The van der Waals surface area contributed by atoms with Gasteiger partial charge >= 0.3 is 6.03 Å². The molecule has 0 aliphatic carbocycles. The van der Waals surface area contributed by atoms with Gasteiger partial charge < -0.3 is 16.0 Å². The average Bonchev–Trinajstić information content (AvgIpc) is 2.41. The number of nitrogens with one attached hydrogen (secondary N) is 1. The number of rotatable bonds is 2. The second kappa shape index (κ2) is 5.76. The Morgan fingerprint density at radius 2 is 1.94 bits per heavy atom. The van der Waals surface area contributed by atoms with Crippen molar-refractivity contribution in [1.29, 1.82) is 0 Å². The SMILES string of the molecule is CCC1CCN(C(=O)Nc2ccc(N)cc2)CC1. The van der Waals surface area contributed by atoms with E-state index in [9.17, 15) is 4.79 Å². The van der Waals surface area contributed by atoms with Crippen LogP contribution in [0.5, 0.6) is 0 Å². The fourth-order valence-corrected chi connectivity index (χ4v) is 2.31. The standard InChI is InChI=1S/C14H21N3O/c1-2-11-7-9-17(10-8-11)14(18)16-13-5-3-12(15)4-6-13/h3-6,11H,2,7-10,15H2,1H3,(H,16,18). The monoisotopic (exact) mass is 247 g/mol. The lowest BCUT2D eigenvalue weighted by molar-refractivity contribution is 0.181. The fourth-order valence-electron chi connectivity index (χ4n) is 2.31. The zero-order chi connectivity index (χ0) is 13.0. The first-order valence-corrected chi connectivity index (χ1v) is 6.60. The van der Waals surface area contributed by atoms with Gasteiger partial charge in [0.25, 0.3) is 0 Å². The minimum absolute atomic E-state index is 0.00526. The van der Waals surface area contributed by atoms with Crippen LogP contribution in [0.15, 0.2) is 24.3 Å². The summed E-state index contributed by atoms with van der Waals surface area (Å²) < 4.78 is 0. The number of carbonyl (C=O) groups excluding carboxylic acids is 1. The summed E-state index contributed by atoms with van der Waals surface area (Å²) in [6, 6.07) is 7.23. The van der Waals surface area contributed by atoms with Crippen LogP contribution in [0.4, 0.5) is 16.2 Å². The second-order valence-corrected chi connectivity index (χ2v) is 4.89. The molecule has 0 saturated carbocycles. The maximum Gasteiger partial charge on any atom is 0.321 e. The Labute approximate surface area is 108 Å². The third kappa shape index (κ3) is 3.15. The summed E-state index contributed by atoms with van der Waals surface area (Å²) in [5.41, 5.74) is 7.11. The molecule has 2 rings (SSSR count). The predicted molar refractivity (Wildman–Crippen MR) is 74.5 cm³/mol. The van der Waals surface area contributed by atoms with Gasteiger partial charge in [-0.15, -0.1) is 0 Å². The molecular weight excluding hydrogens is 226 g/mol. The minimum Gasteiger partial charge on any atom is -0.399 e. The van der Waals surface area contributed by atoms with Gasteiger partial charge in [0.1, 0.15) is 0 Å². The molecule has 1 aliphatic rings. The van der Waals surface area contributed by atoms with E-state index in [1.807, 2.05) is 17.0 Å². The van der Waals surface area contributed by atoms with E-state index < -0.39 is 0 Å². The molecule has 4 heteroatoms. The number of anilines is 2. The van der Waals surface area contributed by atoms with Crippen molar-refractivity contribution in [2.45, 2.75) is 26.2 Å². The molecule has 0 atom stereocenters. The number of nitrogens with two attached hydrogens (primary N) is 1. The first-order valence-electron chi connectivity index (χ1n) is 6.60. The van der Waals surface area contributed by atoms with E-state index in [4.69, 9.17) is 5.73 Å². The van der Waals surface area contributed by atoms with Crippen LogP contribution in [0.25, 0.3) is 0 Å². The van der Waals surface area contributed by atoms with Crippen molar-refractivity contribution >= 4 is 17.4 Å². The number of nitrogens with zero attached hydrogens (tertiary/aromatic N) is 1. The van der Waals surface area contributed by atoms with E-state index in [2.05, 4.69) is 12.2 Å². The average molecular weight is 247 g/mol. The molecule has 1 aliphatic heterocycles. The Bertz CT molecular complexity index is 394. The smallest absolute Gasteiger partial charge is 0.321 e. The van der Waals surface area contributed by atoms with Crippen LogP contribution in [0.3, 0.4) is 0 Å². The van der Waals surface area contributed by atoms with Gasteiger partial charge in [0.15, 0.2) is 0 Å². The van der Waals surface area contributed by atoms with Crippen molar-refractivity contribution < 1.29 is 4.79 Å². The van der Waals surface area contributed by atoms with Crippen molar-refractivity contribution in [2.75, 3.05) is 24.1 Å². The van der Waals surface area contributed by atoms with Crippen LogP contribution in [0.1, 0.15) is 26.2 Å². The third-order valence-electron chi connectivity index (χ3n) is 3.64. The lowest BCUT2D eigenvalue weighted by atomic mass is 9.95. The molecule has 1 heterocycles. The minimum atomic E-state index is -0.00526. The van der Waals surface area contributed by atoms with Gasteiger partial charge in [0.05, 0.1) is 0 Å². The maximum absolute atomic E-state index is 12.0. The van der Waals surface area contributed by atoms with Gasteiger partial charge in [0.2, 0.25) is 0 Å². The van der Waals surface area contributed by atoms with Crippen molar-refractivity contribution in [3.8, 4) is 0 Å². The number of hydrogen-bond donors (Lipinski definition) is 2. The van der Waals surface area contributed by atoms with Crippen molar-refractivity contribution in [3.63, 3.8) is 0 Å². The van der Waals surface area contributed by atoms with Crippen LogP contribution in [0.2, 0.25) is 0 Å². The van der Waals surface area contributed by atoms with Crippen LogP contribution in [0, 0.1) is 5.92 Å². The summed E-state index contributed by atoms with van der Waals surface area (Å²) in [5.74, 6) is 0.783. The second-order valence-electron chi connectivity index (χ2n) is 4.89. The molecule has 0 bridgehead atoms. The summed E-state index contributed by atoms with van der Waals surface area (Å²) in [4.78, 5) is 13.9. The summed E-state index contributed by atoms with van der Waals surface area (Å²) in [6.07, 6.45) is 3.45. The largest absolute Gasteiger partial charge is 0.399 e. The molecule has 98 valence electrons. The molecule has 1 fully saturated rings. The Kier molecular flexibility index (Phi) is 4.07. The molecule has 0 spiro atoms. The normalized spacial score (nSPS) is 16.6. The molecule has 0 radical (unpaired) electrons. The number of piperidine rings is 1. The zero-order valence-electron chi connectivity index (χ0n) is 10.9. The summed E-state index contributed by atoms with van der Waals surface area (Å²) in [6.45, 7) is 3.94. The van der Waals surface area contributed by atoms with Crippen molar-refractivity contribution in [1.82, 2.24) is 4.90 Å². The summed E-state index contributed by atoms with van der Waals surface area (Å²) in [7, 11) is 0. The molecule has 2 amide bonds. The molecule has 0 unspecified atom stereocenters. The van der Waals surface area contributed by atoms with E-state index in [1.54, 1.807) is 12.1 Å². The highest BCUT2D eigenvalue weighted by atomic mass is 16.2. The topological polar surface area (TPSA) is 58.4 Å². The number of carbonyl (C=O) groups is 1. The van der Waals surface area contributed by atoms with Gasteiger partial charge in [0, 0.05) is 24.5 Å². The lowest BCUT2D eigenvalue weighted by Crippen LogP contribution is -2.40. The van der Waals surface area contributed by atoms with Gasteiger partial charge in [-0.2, -0.15) is 0 Å². The van der Waals surface area contributed by atoms with E-state index in [0.29, 0.717) is 5.69 Å². The lowest BCUT2D eigenvalue weighted by Gasteiger charge is -2.31. The summed E-state index contributed by atoms with van der Waals surface area (Å²) >= 11 is 0. The van der Waals surface area contributed by atoms with Gasteiger partial charge in [-0.1, -0.05) is 13.3 Å². The molecule has 18 heavy (non-hydrogen) atoms. The Morgan fingerprint density at radius 3 is 2.50 bits per heavy atom. The molecule has 1 aromatic rings. The number of hydrogen-bond acceptors (Lipinski definition) is 2.